The molecule has 1 aliphatic rings. The van der Waals surface area contributed by atoms with Crippen LogP contribution in [0.5, 0.6) is 0 Å². The summed E-state index contributed by atoms with van der Waals surface area (Å²) in [4.78, 5) is 14.4. The number of benzene rings is 1. The van der Waals surface area contributed by atoms with Crippen LogP contribution in [0.1, 0.15) is 24.0 Å². The molecule has 0 aromatic heterocycles. The van der Waals surface area contributed by atoms with Crippen LogP contribution in [0.15, 0.2) is 18.2 Å². The first kappa shape index (κ1) is 14.0. The van der Waals surface area contributed by atoms with Crippen molar-refractivity contribution in [1.29, 1.82) is 0 Å². The number of carbonyl (C=O) groups is 1. The van der Waals surface area contributed by atoms with Crippen LogP contribution in [0.2, 0.25) is 0 Å². The van der Waals surface area contributed by atoms with Crippen molar-refractivity contribution in [3.63, 3.8) is 0 Å². The number of hydrogen-bond acceptors (Lipinski definition) is 3. The Labute approximate surface area is 114 Å². The Kier molecular flexibility index (Phi) is 4.56. The number of para-hydroxylation sites is 1. The van der Waals surface area contributed by atoms with E-state index < -0.39 is 0 Å². The van der Waals surface area contributed by atoms with Gasteiger partial charge in [0.2, 0.25) is 5.91 Å². The predicted molar refractivity (Wildman–Crippen MR) is 76.2 cm³/mol. The van der Waals surface area contributed by atoms with Gasteiger partial charge in [-0.1, -0.05) is 18.2 Å². The van der Waals surface area contributed by atoms with Gasteiger partial charge in [-0.25, -0.2) is 0 Å². The van der Waals surface area contributed by atoms with Crippen LogP contribution in [0, 0.1) is 13.8 Å². The Morgan fingerprint density at radius 2 is 2.11 bits per heavy atom. The van der Waals surface area contributed by atoms with Gasteiger partial charge in [0.15, 0.2) is 0 Å². The topological polar surface area (TPSA) is 52.6 Å². The normalized spacial score (nSPS) is 19.6. The molecule has 0 spiro atoms. The van der Waals surface area contributed by atoms with Gasteiger partial charge < -0.3 is 10.4 Å². The lowest BCUT2D eigenvalue weighted by molar-refractivity contribution is -0.120. The summed E-state index contributed by atoms with van der Waals surface area (Å²) in [6.45, 7) is 5.58. The molecule has 4 nitrogen and oxygen atoms in total. The molecule has 0 aliphatic carbocycles. The smallest absolute Gasteiger partial charge is 0.241 e. The van der Waals surface area contributed by atoms with E-state index in [9.17, 15) is 4.79 Å². The summed E-state index contributed by atoms with van der Waals surface area (Å²) < 4.78 is 0. The van der Waals surface area contributed by atoms with Gasteiger partial charge in [0.25, 0.3) is 0 Å². The second kappa shape index (κ2) is 6.17. The standard InChI is InChI=1S/C15H22N2O2/c1-11-5-3-6-12(2)14(11)16-15(19)13-7-4-8-17(13)9-10-18/h3,5-6,13,18H,4,7-10H2,1-2H3,(H,16,19). The molecule has 1 aliphatic heterocycles. The van der Waals surface area contributed by atoms with E-state index in [4.69, 9.17) is 5.11 Å². The fourth-order valence-electron chi connectivity index (χ4n) is 2.74. The van der Waals surface area contributed by atoms with Crippen LogP contribution >= 0.6 is 0 Å². The van der Waals surface area contributed by atoms with Crippen molar-refractivity contribution in [1.82, 2.24) is 4.90 Å². The molecule has 0 saturated carbocycles. The average molecular weight is 262 g/mol. The first-order valence-electron chi connectivity index (χ1n) is 6.85. The molecule has 0 bridgehead atoms. The van der Waals surface area contributed by atoms with Crippen molar-refractivity contribution in [3.05, 3.63) is 29.3 Å². The Morgan fingerprint density at radius 3 is 2.74 bits per heavy atom. The number of nitrogens with one attached hydrogen (secondary N) is 1. The second-order valence-corrected chi connectivity index (χ2v) is 5.17. The second-order valence-electron chi connectivity index (χ2n) is 5.17. The largest absolute Gasteiger partial charge is 0.395 e. The number of β-amino-alcohol motifs (C(OH)–C–C–N with tert-alkyl or cyclic N) is 1. The zero-order chi connectivity index (χ0) is 13.8. The van der Waals surface area contributed by atoms with Gasteiger partial charge in [0, 0.05) is 12.2 Å². The Bertz CT molecular complexity index is 439. The highest BCUT2D eigenvalue weighted by atomic mass is 16.3. The van der Waals surface area contributed by atoms with E-state index in [0.29, 0.717) is 6.54 Å². The summed E-state index contributed by atoms with van der Waals surface area (Å²) >= 11 is 0. The summed E-state index contributed by atoms with van der Waals surface area (Å²) in [6, 6.07) is 5.89. The molecular formula is C15H22N2O2. The highest BCUT2D eigenvalue weighted by Crippen LogP contribution is 2.22. The first-order valence-corrected chi connectivity index (χ1v) is 6.85. The van der Waals surface area contributed by atoms with Gasteiger partial charge >= 0.3 is 0 Å². The molecular weight excluding hydrogens is 240 g/mol. The molecule has 2 rings (SSSR count). The molecule has 1 saturated heterocycles. The van der Waals surface area contributed by atoms with Crippen molar-refractivity contribution >= 4 is 11.6 Å². The van der Waals surface area contributed by atoms with Crippen LogP contribution < -0.4 is 5.32 Å². The van der Waals surface area contributed by atoms with E-state index in [1.165, 1.54) is 0 Å². The van der Waals surface area contributed by atoms with E-state index in [-0.39, 0.29) is 18.6 Å². The van der Waals surface area contributed by atoms with Gasteiger partial charge in [-0.05, 0) is 44.4 Å². The molecule has 104 valence electrons. The molecule has 1 amide bonds. The van der Waals surface area contributed by atoms with Gasteiger partial charge in [-0.2, -0.15) is 0 Å². The third-order valence-electron chi connectivity index (χ3n) is 3.78. The zero-order valence-corrected chi connectivity index (χ0v) is 11.6. The van der Waals surface area contributed by atoms with E-state index in [1.807, 2.05) is 32.0 Å². The Hall–Kier alpha value is -1.39. The number of anilines is 1. The fraction of sp³-hybridized carbons (Fsp3) is 0.533. The number of amides is 1. The lowest BCUT2D eigenvalue weighted by atomic mass is 10.1. The van der Waals surface area contributed by atoms with Crippen molar-refractivity contribution in [2.75, 3.05) is 25.0 Å². The SMILES string of the molecule is Cc1cccc(C)c1NC(=O)C1CCCN1CCO. The van der Waals surface area contributed by atoms with Crippen LogP contribution in [-0.2, 0) is 4.79 Å². The molecule has 1 aromatic rings. The van der Waals surface area contributed by atoms with Gasteiger partial charge in [0.05, 0.1) is 12.6 Å². The Balaban J connectivity index is 2.08. The van der Waals surface area contributed by atoms with Crippen molar-refractivity contribution in [2.24, 2.45) is 0 Å². The molecule has 1 heterocycles. The number of nitrogens with zero attached hydrogens (tertiary/aromatic N) is 1. The maximum Gasteiger partial charge on any atom is 0.241 e. The Morgan fingerprint density at radius 1 is 1.42 bits per heavy atom. The van der Waals surface area contributed by atoms with Gasteiger partial charge in [0.1, 0.15) is 0 Å². The van der Waals surface area contributed by atoms with Crippen molar-refractivity contribution in [3.8, 4) is 0 Å². The van der Waals surface area contributed by atoms with Crippen LogP contribution in [-0.4, -0.2) is 41.7 Å². The molecule has 0 radical (unpaired) electrons. The maximum atomic E-state index is 12.4. The average Bonchev–Trinajstić information content (AvgIpc) is 2.83. The highest BCUT2D eigenvalue weighted by Gasteiger charge is 2.30. The minimum Gasteiger partial charge on any atom is -0.395 e. The van der Waals surface area contributed by atoms with Crippen LogP contribution in [0.4, 0.5) is 5.69 Å². The molecule has 1 fully saturated rings. The fourth-order valence-corrected chi connectivity index (χ4v) is 2.74. The van der Waals surface area contributed by atoms with Crippen molar-refractivity contribution < 1.29 is 9.90 Å². The molecule has 1 aromatic carbocycles. The quantitative estimate of drug-likeness (QED) is 0.868. The number of aryl methyl sites for hydroxylation is 2. The number of aliphatic hydroxyl groups excluding tert-OH is 1. The minimum atomic E-state index is -0.105. The van der Waals surface area contributed by atoms with E-state index in [2.05, 4.69) is 10.2 Å². The molecule has 1 unspecified atom stereocenters. The minimum absolute atomic E-state index is 0.0448. The number of carbonyl (C=O) groups excluding carboxylic acids is 1. The number of hydrogen-bond donors (Lipinski definition) is 2. The lowest BCUT2D eigenvalue weighted by Crippen LogP contribution is -2.41. The van der Waals surface area contributed by atoms with Crippen LogP contribution in [0.3, 0.4) is 0 Å². The number of likely N-dealkylation sites (tertiary alicyclic amines) is 1. The van der Waals surface area contributed by atoms with E-state index in [1.54, 1.807) is 0 Å². The first-order chi connectivity index (χ1) is 9.13. The molecule has 1 atom stereocenters. The molecule has 2 N–H and O–H groups in total. The van der Waals surface area contributed by atoms with Gasteiger partial charge in [-0.15, -0.1) is 0 Å². The summed E-state index contributed by atoms with van der Waals surface area (Å²) in [6.07, 6.45) is 1.89. The highest BCUT2D eigenvalue weighted by molar-refractivity contribution is 5.96. The van der Waals surface area contributed by atoms with E-state index in [0.717, 1.165) is 36.2 Å². The number of rotatable bonds is 4. The zero-order valence-electron chi connectivity index (χ0n) is 11.6. The predicted octanol–water partition coefficient (Wildman–Crippen LogP) is 1.70. The van der Waals surface area contributed by atoms with Crippen molar-refractivity contribution in [2.45, 2.75) is 32.7 Å². The third-order valence-corrected chi connectivity index (χ3v) is 3.78. The third kappa shape index (κ3) is 3.14. The maximum absolute atomic E-state index is 12.4. The lowest BCUT2D eigenvalue weighted by Gasteiger charge is -2.23. The molecule has 4 heteroatoms. The molecule has 19 heavy (non-hydrogen) atoms. The monoisotopic (exact) mass is 262 g/mol. The summed E-state index contributed by atoms with van der Waals surface area (Å²) in [5, 5.41) is 12.1. The number of aliphatic hydroxyl groups is 1. The van der Waals surface area contributed by atoms with Crippen LogP contribution in [0.25, 0.3) is 0 Å². The summed E-state index contributed by atoms with van der Waals surface area (Å²) in [7, 11) is 0. The van der Waals surface area contributed by atoms with E-state index >= 15 is 0 Å². The summed E-state index contributed by atoms with van der Waals surface area (Å²) in [5.74, 6) is 0.0448. The summed E-state index contributed by atoms with van der Waals surface area (Å²) in [5.41, 5.74) is 3.09. The van der Waals surface area contributed by atoms with Gasteiger partial charge in [-0.3, -0.25) is 9.69 Å².